The van der Waals surface area contributed by atoms with Crippen LogP contribution in [0.3, 0.4) is 0 Å². The van der Waals surface area contributed by atoms with Crippen LogP contribution in [-0.4, -0.2) is 35.0 Å². The van der Waals surface area contributed by atoms with E-state index in [1.807, 2.05) is 0 Å². The number of para-hydroxylation sites is 1. The molecule has 19 heavy (non-hydrogen) atoms. The second-order valence-corrected chi connectivity index (χ2v) is 4.26. The molecule has 0 amide bonds. The summed E-state index contributed by atoms with van der Waals surface area (Å²) in [4.78, 5) is 22.2. The summed E-state index contributed by atoms with van der Waals surface area (Å²) in [6.45, 7) is -0.687. The van der Waals surface area contributed by atoms with Crippen molar-refractivity contribution in [2.75, 3.05) is 18.0 Å². The average molecular weight is 272 g/mol. The van der Waals surface area contributed by atoms with E-state index in [-0.39, 0.29) is 12.2 Å². The number of benzene rings is 1. The lowest BCUT2D eigenvalue weighted by Gasteiger charge is -2.18. The zero-order valence-corrected chi connectivity index (χ0v) is 9.68. The summed E-state index contributed by atoms with van der Waals surface area (Å²) in [5.74, 6) is -4.37. The van der Waals surface area contributed by atoms with E-state index in [0.717, 1.165) is 11.0 Å². The highest BCUT2D eigenvalue weighted by Crippen LogP contribution is 2.37. The van der Waals surface area contributed by atoms with Crippen LogP contribution in [0.25, 0.3) is 0 Å². The van der Waals surface area contributed by atoms with Crippen LogP contribution in [-0.2, 0) is 0 Å². The average Bonchev–Trinajstić information content (AvgIpc) is 2.68. The highest BCUT2D eigenvalue weighted by molar-refractivity contribution is 5.95. The number of carbonyl (C=O) groups is 1. The number of hydrogen-bond acceptors (Lipinski definition) is 4. The number of halogens is 2. The minimum Gasteiger partial charge on any atom is -0.477 e. The minimum atomic E-state index is -2.91. The fourth-order valence-corrected chi connectivity index (χ4v) is 2.09. The summed E-state index contributed by atoms with van der Waals surface area (Å²) in [5.41, 5.74) is -1.23. The van der Waals surface area contributed by atoms with Gasteiger partial charge in [0.2, 0.25) is 0 Å². The smallest absolute Gasteiger partial charge is 0.342 e. The topological polar surface area (TPSA) is 83.7 Å². The Bertz CT molecular complexity index is 547. The van der Waals surface area contributed by atoms with Crippen molar-refractivity contribution in [3.8, 4) is 0 Å². The van der Waals surface area contributed by atoms with Gasteiger partial charge < -0.3 is 10.0 Å². The molecule has 0 saturated carbocycles. The van der Waals surface area contributed by atoms with Gasteiger partial charge in [-0.05, 0) is 12.1 Å². The number of carboxylic acid groups (broad SMARTS) is 1. The van der Waals surface area contributed by atoms with Crippen molar-refractivity contribution in [3.05, 3.63) is 33.9 Å². The molecular formula is C11H10F2N2O4. The Morgan fingerprint density at radius 3 is 2.63 bits per heavy atom. The molecular weight excluding hydrogens is 262 g/mol. The van der Waals surface area contributed by atoms with Gasteiger partial charge in [-0.1, -0.05) is 6.07 Å². The number of nitro groups is 1. The third-order valence-corrected chi connectivity index (χ3v) is 2.94. The molecule has 0 unspecified atom stereocenters. The standard InChI is InChI=1S/C11H10F2N2O4/c12-11(13)4-5-14(6-11)8-3-1-2-7(10(16)17)9(8)15(18)19/h1-3H,4-6H2,(H,16,17). The lowest BCUT2D eigenvalue weighted by Crippen LogP contribution is -2.25. The third-order valence-electron chi connectivity index (χ3n) is 2.94. The van der Waals surface area contributed by atoms with Gasteiger partial charge in [-0.25, -0.2) is 13.6 Å². The Balaban J connectivity index is 2.49. The molecule has 1 aromatic rings. The normalized spacial score (nSPS) is 17.5. The maximum absolute atomic E-state index is 13.1. The van der Waals surface area contributed by atoms with Gasteiger partial charge in [-0.3, -0.25) is 10.1 Å². The SMILES string of the molecule is O=C(O)c1cccc(N2CCC(F)(F)C2)c1[N+](=O)[O-]. The largest absolute Gasteiger partial charge is 0.477 e. The van der Waals surface area contributed by atoms with Crippen molar-refractivity contribution in [1.29, 1.82) is 0 Å². The second kappa shape index (κ2) is 4.45. The van der Waals surface area contributed by atoms with Gasteiger partial charge in [0, 0.05) is 13.0 Å². The van der Waals surface area contributed by atoms with Crippen LogP contribution in [0.2, 0.25) is 0 Å². The molecule has 1 fully saturated rings. The molecule has 0 spiro atoms. The first-order chi connectivity index (χ1) is 8.82. The fraction of sp³-hybridized carbons (Fsp3) is 0.364. The molecule has 1 N–H and O–H groups in total. The van der Waals surface area contributed by atoms with Gasteiger partial charge in [0.15, 0.2) is 0 Å². The van der Waals surface area contributed by atoms with Crippen LogP contribution in [0.4, 0.5) is 20.2 Å². The summed E-state index contributed by atoms with van der Waals surface area (Å²) in [5, 5.41) is 19.9. The predicted molar refractivity (Wildman–Crippen MR) is 61.8 cm³/mol. The lowest BCUT2D eigenvalue weighted by molar-refractivity contribution is -0.384. The number of anilines is 1. The van der Waals surface area contributed by atoms with Crippen LogP contribution in [0, 0.1) is 10.1 Å². The van der Waals surface area contributed by atoms with E-state index >= 15 is 0 Å². The molecule has 102 valence electrons. The van der Waals surface area contributed by atoms with E-state index in [1.54, 1.807) is 0 Å². The van der Waals surface area contributed by atoms with Gasteiger partial charge >= 0.3 is 11.7 Å². The zero-order valence-electron chi connectivity index (χ0n) is 9.68. The molecule has 6 nitrogen and oxygen atoms in total. The van der Waals surface area contributed by atoms with Crippen LogP contribution in [0.15, 0.2) is 18.2 Å². The van der Waals surface area contributed by atoms with Gasteiger partial charge in [-0.15, -0.1) is 0 Å². The number of carboxylic acids is 1. The minimum absolute atomic E-state index is 0.0447. The van der Waals surface area contributed by atoms with Crippen molar-refractivity contribution in [1.82, 2.24) is 0 Å². The van der Waals surface area contributed by atoms with Crippen LogP contribution >= 0.6 is 0 Å². The van der Waals surface area contributed by atoms with E-state index in [9.17, 15) is 23.7 Å². The van der Waals surface area contributed by atoms with E-state index in [4.69, 9.17) is 5.11 Å². The first kappa shape index (κ1) is 13.2. The monoisotopic (exact) mass is 272 g/mol. The molecule has 1 saturated heterocycles. The summed E-state index contributed by atoms with van der Waals surface area (Å²) >= 11 is 0. The Kier molecular flexibility index (Phi) is 3.09. The van der Waals surface area contributed by atoms with E-state index in [2.05, 4.69) is 0 Å². The molecule has 1 aliphatic heterocycles. The van der Waals surface area contributed by atoms with Crippen LogP contribution in [0.1, 0.15) is 16.8 Å². The quantitative estimate of drug-likeness (QED) is 0.673. The van der Waals surface area contributed by atoms with E-state index in [0.29, 0.717) is 0 Å². The van der Waals surface area contributed by atoms with Crippen molar-refractivity contribution < 1.29 is 23.6 Å². The number of aromatic carboxylic acids is 1. The zero-order chi connectivity index (χ0) is 14.2. The summed E-state index contributed by atoms with van der Waals surface area (Å²) in [6, 6.07) is 3.67. The number of rotatable bonds is 3. The van der Waals surface area contributed by atoms with Crippen molar-refractivity contribution in [2.24, 2.45) is 0 Å². The van der Waals surface area contributed by atoms with Crippen molar-refractivity contribution in [3.63, 3.8) is 0 Å². The predicted octanol–water partition coefficient (Wildman–Crippen LogP) is 2.14. The maximum Gasteiger partial charge on any atom is 0.342 e. The fourth-order valence-electron chi connectivity index (χ4n) is 2.09. The van der Waals surface area contributed by atoms with Gasteiger partial charge in [0.1, 0.15) is 11.3 Å². The number of alkyl halides is 2. The third kappa shape index (κ3) is 2.47. The molecule has 0 aromatic heterocycles. The summed E-state index contributed by atoms with van der Waals surface area (Å²) in [7, 11) is 0. The molecule has 1 aliphatic rings. The van der Waals surface area contributed by atoms with E-state index in [1.165, 1.54) is 12.1 Å². The van der Waals surface area contributed by atoms with E-state index < -0.39 is 41.0 Å². The Labute approximate surface area is 106 Å². The number of hydrogen-bond donors (Lipinski definition) is 1. The molecule has 8 heteroatoms. The van der Waals surface area contributed by atoms with Crippen LogP contribution < -0.4 is 4.90 Å². The molecule has 1 aromatic carbocycles. The van der Waals surface area contributed by atoms with Crippen molar-refractivity contribution >= 4 is 17.3 Å². The molecule has 2 rings (SSSR count). The Morgan fingerprint density at radius 1 is 1.47 bits per heavy atom. The lowest BCUT2D eigenvalue weighted by atomic mass is 10.1. The van der Waals surface area contributed by atoms with Gasteiger partial charge in [0.25, 0.3) is 5.92 Å². The molecule has 0 aliphatic carbocycles. The Morgan fingerprint density at radius 2 is 2.16 bits per heavy atom. The molecule has 0 radical (unpaired) electrons. The van der Waals surface area contributed by atoms with Crippen LogP contribution in [0.5, 0.6) is 0 Å². The highest BCUT2D eigenvalue weighted by Gasteiger charge is 2.41. The Hall–Kier alpha value is -2.25. The molecule has 0 bridgehead atoms. The number of nitro benzene ring substituents is 1. The highest BCUT2D eigenvalue weighted by atomic mass is 19.3. The molecule has 0 atom stereocenters. The summed E-state index contributed by atoms with van der Waals surface area (Å²) < 4.78 is 26.3. The molecule has 1 heterocycles. The van der Waals surface area contributed by atoms with Crippen molar-refractivity contribution in [2.45, 2.75) is 12.3 Å². The van der Waals surface area contributed by atoms with Gasteiger partial charge in [-0.2, -0.15) is 0 Å². The first-order valence-corrected chi connectivity index (χ1v) is 5.45. The second-order valence-electron chi connectivity index (χ2n) is 4.26. The first-order valence-electron chi connectivity index (χ1n) is 5.45. The number of nitrogens with zero attached hydrogens (tertiary/aromatic N) is 2. The van der Waals surface area contributed by atoms with Gasteiger partial charge in [0.05, 0.1) is 11.5 Å². The maximum atomic E-state index is 13.1. The summed E-state index contributed by atoms with van der Waals surface area (Å²) in [6.07, 6.45) is -0.401.